The van der Waals surface area contributed by atoms with Crippen LogP contribution in [0.3, 0.4) is 0 Å². The van der Waals surface area contributed by atoms with Crippen molar-refractivity contribution in [3.05, 3.63) is 27.6 Å². The quantitative estimate of drug-likeness (QED) is 0.723. The third-order valence-electron chi connectivity index (χ3n) is 2.64. The normalized spacial score (nSPS) is 11.1. The number of hydrogen-bond donors (Lipinski definition) is 2. The summed E-state index contributed by atoms with van der Waals surface area (Å²) in [6.07, 6.45) is 4.58. The molecule has 0 aliphatic rings. The van der Waals surface area contributed by atoms with Crippen molar-refractivity contribution in [2.24, 2.45) is 0 Å². The molecule has 0 unspecified atom stereocenters. The van der Waals surface area contributed by atoms with Crippen LogP contribution in [0.15, 0.2) is 12.4 Å². The van der Waals surface area contributed by atoms with E-state index in [9.17, 15) is 0 Å². The van der Waals surface area contributed by atoms with E-state index in [0.29, 0.717) is 18.0 Å². The molecule has 3 aromatic heterocycles. The zero-order valence-corrected chi connectivity index (χ0v) is 11.7. The van der Waals surface area contributed by atoms with Crippen molar-refractivity contribution in [1.29, 1.82) is 0 Å². The fourth-order valence-electron chi connectivity index (χ4n) is 1.69. The van der Waals surface area contributed by atoms with Gasteiger partial charge < -0.3 is 5.32 Å². The van der Waals surface area contributed by atoms with Gasteiger partial charge in [-0.05, 0) is 18.0 Å². The van der Waals surface area contributed by atoms with E-state index in [2.05, 4.69) is 37.4 Å². The van der Waals surface area contributed by atoms with Gasteiger partial charge in [0.2, 0.25) is 5.28 Å². The molecule has 0 bridgehead atoms. The van der Waals surface area contributed by atoms with Crippen LogP contribution in [-0.2, 0) is 13.0 Å². The van der Waals surface area contributed by atoms with E-state index in [1.54, 1.807) is 17.5 Å². The highest BCUT2D eigenvalue weighted by molar-refractivity contribution is 7.11. The Kier molecular flexibility index (Phi) is 3.31. The molecule has 0 saturated heterocycles. The van der Waals surface area contributed by atoms with Crippen LogP contribution in [0.2, 0.25) is 5.28 Å². The largest absolute Gasteiger partial charge is 0.363 e. The zero-order valence-electron chi connectivity index (χ0n) is 10.1. The highest BCUT2D eigenvalue weighted by atomic mass is 35.5. The summed E-state index contributed by atoms with van der Waals surface area (Å²) in [5.41, 5.74) is 0.621. The average Bonchev–Trinajstić information content (AvgIpc) is 3.03. The van der Waals surface area contributed by atoms with Crippen LogP contribution in [0.5, 0.6) is 0 Å². The van der Waals surface area contributed by atoms with Crippen LogP contribution in [0.4, 0.5) is 5.82 Å². The number of aromatic amines is 1. The van der Waals surface area contributed by atoms with Gasteiger partial charge in [0.25, 0.3) is 0 Å². The Balaban J connectivity index is 1.83. The van der Waals surface area contributed by atoms with Crippen LogP contribution in [0.1, 0.15) is 16.8 Å². The Bertz CT molecular complexity index is 706. The van der Waals surface area contributed by atoms with Crippen molar-refractivity contribution >= 4 is 39.8 Å². The van der Waals surface area contributed by atoms with Crippen LogP contribution < -0.4 is 5.32 Å². The number of aromatic nitrogens is 5. The first-order valence-corrected chi connectivity index (χ1v) is 6.99. The Morgan fingerprint density at radius 2 is 2.26 bits per heavy atom. The standard InChI is InChI=1S/C11H11ClN6S/c1-2-6-3-13-8(19-6)5-14-9-7-4-15-18-10(7)17-11(12)16-9/h3-4H,2,5H2,1H3,(H2,14,15,16,17,18). The number of aryl methyl sites for hydroxylation is 1. The van der Waals surface area contributed by atoms with Gasteiger partial charge in [-0.2, -0.15) is 15.1 Å². The number of nitrogens with zero attached hydrogens (tertiary/aromatic N) is 4. The predicted molar refractivity (Wildman–Crippen MR) is 75.5 cm³/mol. The minimum absolute atomic E-state index is 0.188. The average molecular weight is 295 g/mol. The fourth-order valence-corrected chi connectivity index (χ4v) is 2.67. The molecule has 98 valence electrons. The van der Waals surface area contributed by atoms with Crippen LogP contribution in [0.25, 0.3) is 11.0 Å². The topological polar surface area (TPSA) is 79.4 Å². The lowest BCUT2D eigenvalue weighted by atomic mass is 10.4. The molecular formula is C11H11ClN6S. The lowest BCUT2D eigenvalue weighted by Crippen LogP contribution is -2.02. The fraction of sp³-hybridized carbons (Fsp3) is 0.273. The number of anilines is 1. The van der Waals surface area contributed by atoms with E-state index in [1.807, 2.05) is 6.20 Å². The molecule has 3 aromatic rings. The van der Waals surface area contributed by atoms with E-state index < -0.39 is 0 Å². The van der Waals surface area contributed by atoms with Crippen molar-refractivity contribution in [2.75, 3.05) is 5.32 Å². The predicted octanol–water partition coefficient (Wildman–Crippen LogP) is 2.64. The van der Waals surface area contributed by atoms with Crippen LogP contribution in [0, 0.1) is 0 Å². The molecule has 8 heteroatoms. The molecule has 19 heavy (non-hydrogen) atoms. The summed E-state index contributed by atoms with van der Waals surface area (Å²) in [5.74, 6) is 0.664. The minimum atomic E-state index is 0.188. The van der Waals surface area contributed by atoms with Gasteiger partial charge in [-0.3, -0.25) is 5.10 Å². The van der Waals surface area contributed by atoms with E-state index >= 15 is 0 Å². The molecule has 0 spiro atoms. The molecule has 2 N–H and O–H groups in total. The maximum absolute atomic E-state index is 5.87. The SMILES string of the molecule is CCc1cnc(CNc2nc(Cl)nc3[nH]ncc23)s1. The molecule has 0 atom stereocenters. The number of halogens is 1. The number of rotatable bonds is 4. The summed E-state index contributed by atoms with van der Waals surface area (Å²) < 4.78 is 0. The molecule has 0 aromatic carbocycles. The summed E-state index contributed by atoms with van der Waals surface area (Å²) in [5, 5.41) is 12.0. The van der Waals surface area contributed by atoms with Gasteiger partial charge in [0.1, 0.15) is 10.8 Å². The first-order valence-electron chi connectivity index (χ1n) is 5.80. The van der Waals surface area contributed by atoms with E-state index in [-0.39, 0.29) is 5.28 Å². The van der Waals surface area contributed by atoms with Gasteiger partial charge in [0.05, 0.1) is 18.1 Å². The molecule has 3 rings (SSSR count). The summed E-state index contributed by atoms with van der Waals surface area (Å²) in [6.45, 7) is 2.72. The number of hydrogen-bond acceptors (Lipinski definition) is 6. The van der Waals surface area contributed by atoms with E-state index in [1.165, 1.54) is 4.88 Å². The van der Waals surface area contributed by atoms with Crippen molar-refractivity contribution in [2.45, 2.75) is 19.9 Å². The van der Waals surface area contributed by atoms with Crippen LogP contribution in [-0.4, -0.2) is 25.1 Å². The third kappa shape index (κ3) is 2.52. The van der Waals surface area contributed by atoms with Gasteiger partial charge in [-0.1, -0.05) is 6.92 Å². The second-order valence-corrected chi connectivity index (χ2v) is 5.44. The summed E-state index contributed by atoms with van der Waals surface area (Å²) in [6, 6.07) is 0. The molecule has 0 amide bonds. The van der Waals surface area contributed by atoms with Gasteiger partial charge in [-0.15, -0.1) is 11.3 Å². The first kappa shape index (κ1) is 12.3. The Morgan fingerprint density at radius 3 is 3.05 bits per heavy atom. The Morgan fingerprint density at radius 1 is 1.37 bits per heavy atom. The molecule has 3 heterocycles. The molecule has 6 nitrogen and oxygen atoms in total. The summed E-state index contributed by atoms with van der Waals surface area (Å²) >= 11 is 7.56. The zero-order chi connectivity index (χ0) is 13.2. The van der Waals surface area contributed by atoms with Crippen molar-refractivity contribution in [1.82, 2.24) is 25.1 Å². The van der Waals surface area contributed by atoms with Crippen LogP contribution >= 0.6 is 22.9 Å². The molecule has 0 radical (unpaired) electrons. The summed E-state index contributed by atoms with van der Waals surface area (Å²) in [7, 11) is 0. The Labute approximate surface area is 118 Å². The lowest BCUT2D eigenvalue weighted by Gasteiger charge is -2.04. The number of nitrogens with one attached hydrogen (secondary N) is 2. The second kappa shape index (κ2) is 5.10. The third-order valence-corrected chi connectivity index (χ3v) is 3.95. The van der Waals surface area contributed by atoms with Gasteiger partial charge in [0, 0.05) is 11.1 Å². The van der Waals surface area contributed by atoms with Gasteiger partial charge in [0.15, 0.2) is 5.65 Å². The van der Waals surface area contributed by atoms with Gasteiger partial charge >= 0.3 is 0 Å². The summed E-state index contributed by atoms with van der Waals surface area (Å²) in [4.78, 5) is 13.8. The van der Waals surface area contributed by atoms with E-state index in [0.717, 1.165) is 16.8 Å². The maximum Gasteiger partial charge on any atom is 0.226 e. The maximum atomic E-state index is 5.87. The minimum Gasteiger partial charge on any atom is -0.363 e. The smallest absolute Gasteiger partial charge is 0.226 e. The molecule has 0 fully saturated rings. The second-order valence-electron chi connectivity index (χ2n) is 3.90. The van der Waals surface area contributed by atoms with E-state index in [4.69, 9.17) is 11.6 Å². The highest BCUT2D eigenvalue weighted by Crippen LogP contribution is 2.21. The molecule has 0 saturated carbocycles. The Hall–Kier alpha value is -1.73. The van der Waals surface area contributed by atoms with Crippen molar-refractivity contribution in [3.8, 4) is 0 Å². The van der Waals surface area contributed by atoms with Gasteiger partial charge in [-0.25, -0.2) is 4.98 Å². The number of thiazole rings is 1. The monoisotopic (exact) mass is 294 g/mol. The van der Waals surface area contributed by atoms with Crippen molar-refractivity contribution < 1.29 is 0 Å². The number of fused-ring (bicyclic) bond motifs is 1. The highest BCUT2D eigenvalue weighted by Gasteiger charge is 2.09. The van der Waals surface area contributed by atoms with Crippen molar-refractivity contribution in [3.63, 3.8) is 0 Å². The molecule has 0 aliphatic heterocycles. The molecular weight excluding hydrogens is 284 g/mol. The molecule has 0 aliphatic carbocycles. The first-order chi connectivity index (χ1) is 9.26. The number of H-pyrrole nitrogens is 1. The lowest BCUT2D eigenvalue weighted by molar-refractivity contribution is 1.06.